The third-order valence-corrected chi connectivity index (χ3v) is 4.90. The minimum Gasteiger partial charge on any atom is -0.461 e. The van der Waals surface area contributed by atoms with Crippen LogP contribution in [0.25, 0.3) is 33.9 Å². The summed E-state index contributed by atoms with van der Waals surface area (Å²) in [7, 11) is 0. The summed E-state index contributed by atoms with van der Waals surface area (Å²) in [5.41, 5.74) is 5.07. The lowest BCUT2D eigenvalue weighted by molar-refractivity contribution is -0.145. The van der Waals surface area contributed by atoms with Gasteiger partial charge >= 0.3 is 5.97 Å². The molecule has 0 radical (unpaired) electrons. The molecule has 150 valence electrons. The zero-order valence-corrected chi connectivity index (χ0v) is 17.2. The van der Waals surface area contributed by atoms with Crippen molar-refractivity contribution in [2.45, 2.75) is 26.5 Å². The van der Waals surface area contributed by atoms with Gasteiger partial charge in [0.05, 0.1) is 17.9 Å². The highest BCUT2D eigenvalue weighted by Gasteiger charge is 2.22. The molecule has 0 bridgehead atoms. The molecule has 4 aromatic rings. The molecule has 3 aromatic carbocycles. The van der Waals surface area contributed by atoms with Gasteiger partial charge in [0.15, 0.2) is 0 Å². The fourth-order valence-corrected chi connectivity index (χ4v) is 3.70. The second-order valence-corrected chi connectivity index (χ2v) is 7.26. The first kappa shape index (κ1) is 19.6. The molecule has 1 aromatic heterocycles. The number of carbonyl (C=O) groups is 1. The molecule has 4 heteroatoms. The number of aromatic nitrogens is 2. The molecule has 0 spiro atoms. The SMILES string of the molecule is CC(=O)OC(C)Cn1c(-c2ccccc2)nc(-c2ccccc2)c1-c1ccccc1. The average Bonchev–Trinajstić information content (AvgIpc) is 3.14. The summed E-state index contributed by atoms with van der Waals surface area (Å²) in [6.07, 6.45) is -0.287. The van der Waals surface area contributed by atoms with E-state index >= 15 is 0 Å². The highest BCUT2D eigenvalue weighted by molar-refractivity contribution is 5.82. The minimum absolute atomic E-state index is 0.284. The Hall–Kier alpha value is -3.66. The summed E-state index contributed by atoms with van der Waals surface area (Å²) in [6.45, 7) is 3.86. The Morgan fingerprint density at radius 2 is 1.33 bits per heavy atom. The van der Waals surface area contributed by atoms with E-state index in [0.717, 1.165) is 33.9 Å². The average molecular weight is 396 g/mol. The van der Waals surface area contributed by atoms with Gasteiger partial charge in [-0.1, -0.05) is 91.0 Å². The molecule has 30 heavy (non-hydrogen) atoms. The number of carbonyl (C=O) groups excluding carboxylic acids is 1. The van der Waals surface area contributed by atoms with Gasteiger partial charge in [-0.15, -0.1) is 0 Å². The van der Waals surface area contributed by atoms with E-state index in [9.17, 15) is 4.79 Å². The fourth-order valence-electron chi connectivity index (χ4n) is 3.70. The maximum absolute atomic E-state index is 11.5. The van der Waals surface area contributed by atoms with Crippen LogP contribution in [-0.4, -0.2) is 21.6 Å². The molecular weight excluding hydrogens is 372 g/mol. The number of imidazole rings is 1. The Labute approximate surface area is 176 Å². The second-order valence-electron chi connectivity index (χ2n) is 7.26. The number of benzene rings is 3. The summed E-state index contributed by atoms with van der Waals surface area (Å²) in [5, 5.41) is 0. The van der Waals surface area contributed by atoms with E-state index in [2.05, 4.69) is 41.0 Å². The van der Waals surface area contributed by atoms with E-state index in [-0.39, 0.29) is 12.1 Å². The van der Waals surface area contributed by atoms with Gasteiger partial charge in [-0.3, -0.25) is 4.79 Å². The van der Waals surface area contributed by atoms with Gasteiger partial charge in [-0.05, 0) is 6.92 Å². The number of nitrogens with zero attached hydrogens (tertiary/aromatic N) is 2. The maximum Gasteiger partial charge on any atom is 0.302 e. The van der Waals surface area contributed by atoms with Crippen molar-refractivity contribution in [3.63, 3.8) is 0 Å². The monoisotopic (exact) mass is 396 g/mol. The van der Waals surface area contributed by atoms with Crippen molar-refractivity contribution < 1.29 is 9.53 Å². The maximum atomic E-state index is 11.5. The van der Waals surface area contributed by atoms with Gasteiger partial charge < -0.3 is 9.30 Å². The van der Waals surface area contributed by atoms with Crippen LogP contribution in [0.5, 0.6) is 0 Å². The van der Waals surface area contributed by atoms with Crippen molar-refractivity contribution in [3.05, 3.63) is 91.0 Å². The molecule has 4 rings (SSSR count). The Morgan fingerprint density at radius 1 is 0.833 bits per heavy atom. The normalized spacial score (nSPS) is 11.8. The lowest BCUT2D eigenvalue weighted by Gasteiger charge is -2.18. The lowest BCUT2D eigenvalue weighted by atomic mass is 10.0. The molecule has 0 aliphatic rings. The zero-order chi connectivity index (χ0) is 20.9. The molecule has 0 amide bonds. The largest absolute Gasteiger partial charge is 0.461 e. The van der Waals surface area contributed by atoms with Gasteiger partial charge in [0, 0.05) is 23.6 Å². The lowest BCUT2D eigenvalue weighted by Crippen LogP contribution is -2.20. The van der Waals surface area contributed by atoms with Gasteiger partial charge in [-0.2, -0.15) is 0 Å². The molecule has 0 N–H and O–H groups in total. The van der Waals surface area contributed by atoms with E-state index in [1.165, 1.54) is 6.92 Å². The van der Waals surface area contributed by atoms with Crippen LogP contribution >= 0.6 is 0 Å². The van der Waals surface area contributed by atoms with Gasteiger partial charge in [0.2, 0.25) is 0 Å². The molecule has 0 saturated carbocycles. The standard InChI is InChI=1S/C26H24N2O2/c1-19(30-20(2)29)18-28-25(22-14-8-4-9-15-22)24(21-12-6-3-7-13-21)27-26(28)23-16-10-5-11-17-23/h3-17,19H,18H2,1-2H3. The van der Waals surface area contributed by atoms with Crippen molar-refractivity contribution in [3.8, 4) is 33.9 Å². The summed E-state index contributed by atoms with van der Waals surface area (Å²) in [4.78, 5) is 16.6. The predicted molar refractivity (Wildman–Crippen MR) is 120 cm³/mol. The van der Waals surface area contributed by atoms with Gasteiger partial charge in [-0.25, -0.2) is 4.98 Å². The third-order valence-electron chi connectivity index (χ3n) is 4.90. The highest BCUT2D eigenvalue weighted by Crippen LogP contribution is 2.36. The van der Waals surface area contributed by atoms with E-state index in [1.807, 2.05) is 61.5 Å². The van der Waals surface area contributed by atoms with Gasteiger partial charge in [0.25, 0.3) is 0 Å². The molecule has 0 saturated heterocycles. The van der Waals surface area contributed by atoms with Crippen molar-refractivity contribution in [1.82, 2.24) is 9.55 Å². The second kappa shape index (κ2) is 8.78. The van der Waals surface area contributed by atoms with Crippen LogP contribution < -0.4 is 0 Å². The van der Waals surface area contributed by atoms with Crippen molar-refractivity contribution in [2.24, 2.45) is 0 Å². The molecule has 0 aliphatic heterocycles. The van der Waals surface area contributed by atoms with E-state index in [0.29, 0.717) is 6.54 Å². The topological polar surface area (TPSA) is 44.1 Å². The Balaban J connectivity index is 1.96. The Bertz CT molecular complexity index is 1120. The van der Waals surface area contributed by atoms with Crippen LogP contribution in [0.1, 0.15) is 13.8 Å². The zero-order valence-electron chi connectivity index (χ0n) is 17.2. The number of rotatable bonds is 6. The van der Waals surface area contributed by atoms with Crippen LogP contribution in [0.3, 0.4) is 0 Å². The third kappa shape index (κ3) is 4.18. The highest BCUT2D eigenvalue weighted by atomic mass is 16.5. The summed E-state index contributed by atoms with van der Waals surface area (Å²) >= 11 is 0. The van der Waals surface area contributed by atoms with Crippen molar-refractivity contribution in [2.75, 3.05) is 0 Å². The Morgan fingerprint density at radius 3 is 1.87 bits per heavy atom. The number of esters is 1. The molecule has 1 heterocycles. The van der Waals surface area contributed by atoms with Gasteiger partial charge in [0.1, 0.15) is 11.9 Å². The number of hydrogen-bond acceptors (Lipinski definition) is 3. The summed E-state index contributed by atoms with van der Waals surface area (Å²) < 4.78 is 7.63. The smallest absolute Gasteiger partial charge is 0.302 e. The van der Waals surface area contributed by atoms with E-state index in [1.54, 1.807) is 0 Å². The van der Waals surface area contributed by atoms with Crippen molar-refractivity contribution in [1.29, 1.82) is 0 Å². The number of hydrogen-bond donors (Lipinski definition) is 0. The summed E-state index contributed by atoms with van der Waals surface area (Å²) in [6, 6.07) is 30.5. The minimum atomic E-state index is -0.287. The predicted octanol–water partition coefficient (Wildman–Crippen LogP) is 5.84. The van der Waals surface area contributed by atoms with Crippen LogP contribution in [0.15, 0.2) is 91.0 Å². The Kier molecular flexibility index (Phi) is 5.75. The molecule has 4 nitrogen and oxygen atoms in total. The van der Waals surface area contributed by atoms with Crippen LogP contribution in [-0.2, 0) is 16.1 Å². The van der Waals surface area contributed by atoms with Crippen LogP contribution in [0.2, 0.25) is 0 Å². The first-order valence-electron chi connectivity index (χ1n) is 10.1. The summed E-state index contributed by atoms with van der Waals surface area (Å²) in [5.74, 6) is 0.570. The molecule has 1 atom stereocenters. The molecule has 0 fully saturated rings. The van der Waals surface area contributed by atoms with Crippen molar-refractivity contribution >= 4 is 5.97 Å². The first-order chi connectivity index (χ1) is 14.6. The first-order valence-corrected chi connectivity index (χ1v) is 10.1. The quantitative estimate of drug-likeness (QED) is 0.385. The van der Waals surface area contributed by atoms with E-state index in [4.69, 9.17) is 9.72 Å². The molecular formula is C26H24N2O2. The number of ether oxygens (including phenoxy) is 1. The van der Waals surface area contributed by atoms with Crippen LogP contribution in [0, 0.1) is 0 Å². The van der Waals surface area contributed by atoms with E-state index < -0.39 is 0 Å². The molecule has 0 aliphatic carbocycles. The molecule has 1 unspecified atom stereocenters. The fraction of sp³-hybridized carbons (Fsp3) is 0.154. The van der Waals surface area contributed by atoms with Crippen LogP contribution in [0.4, 0.5) is 0 Å².